The van der Waals surface area contributed by atoms with Crippen LogP contribution in [0, 0.1) is 0 Å². The van der Waals surface area contributed by atoms with E-state index in [1.165, 1.54) is 17.6 Å². The van der Waals surface area contributed by atoms with Gasteiger partial charge in [-0.05, 0) is 24.3 Å². The van der Waals surface area contributed by atoms with Gasteiger partial charge < -0.3 is 4.42 Å². The molecule has 0 atom stereocenters. The molecule has 1 aromatic carbocycles. The van der Waals surface area contributed by atoms with Crippen molar-refractivity contribution in [1.29, 1.82) is 0 Å². The highest BCUT2D eigenvalue weighted by atomic mass is 32.1. The Hall–Kier alpha value is -2.25. The van der Waals surface area contributed by atoms with Crippen LogP contribution in [-0.2, 0) is 0 Å². The van der Waals surface area contributed by atoms with Gasteiger partial charge in [-0.15, -0.1) is 11.3 Å². The Balaban J connectivity index is 1.75. The molecule has 20 heavy (non-hydrogen) atoms. The van der Waals surface area contributed by atoms with Crippen molar-refractivity contribution in [3.8, 4) is 0 Å². The third-order valence-electron chi connectivity index (χ3n) is 2.82. The van der Waals surface area contributed by atoms with Gasteiger partial charge in [-0.2, -0.15) is 0 Å². The maximum absolute atomic E-state index is 11.9. The summed E-state index contributed by atoms with van der Waals surface area (Å²) < 4.78 is 7.19. The summed E-state index contributed by atoms with van der Waals surface area (Å²) in [7, 11) is 0. The highest BCUT2D eigenvalue weighted by molar-refractivity contribution is 7.28. The van der Waals surface area contributed by atoms with Crippen molar-refractivity contribution in [1.82, 2.24) is 9.97 Å². The van der Waals surface area contributed by atoms with Gasteiger partial charge in [0.05, 0.1) is 32.2 Å². The van der Waals surface area contributed by atoms with Crippen molar-refractivity contribution < 1.29 is 9.21 Å². The lowest BCUT2D eigenvalue weighted by Crippen LogP contribution is -2.10. The molecule has 0 saturated heterocycles. The molecule has 98 valence electrons. The van der Waals surface area contributed by atoms with Crippen LogP contribution in [0.25, 0.3) is 20.4 Å². The smallest absolute Gasteiger partial charge is 0.293 e. The summed E-state index contributed by atoms with van der Waals surface area (Å²) in [6, 6.07) is 7.14. The third-order valence-corrected chi connectivity index (χ3v) is 4.81. The number of furan rings is 1. The first-order valence-electron chi connectivity index (χ1n) is 5.79. The van der Waals surface area contributed by atoms with Gasteiger partial charge in [-0.25, -0.2) is 9.97 Å². The predicted octanol–water partition coefficient (Wildman–Crippen LogP) is 3.75. The Morgan fingerprint density at radius 2 is 2.10 bits per heavy atom. The number of hydrogen-bond acceptors (Lipinski definition) is 6. The molecule has 1 N–H and O–H groups in total. The van der Waals surface area contributed by atoms with Gasteiger partial charge >= 0.3 is 0 Å². The Morgan fingerprint density at radius 1 is 1.20 bits per heavy atom. The average molecular weight is 301 g/mol. The molecule has 0 spiro atoms. The van der Waals surface area contributed by atoms with Crippen molar-refractivity contribution in [2.45, 2.75) is 0 Å². The summed E-state index contributed by atoms with van der Waals surface area (Å²) in [5.41, 5.74) is 3.63. The van der Waals surface area contributed by atoms with Gasteiger partial charge in [0.1, 0.15) is 0 Å². The summed E-state index contributed by atoms with van der Waals surface area (Å²) in [5, 5.41) is 3.31. The maximum Gasteiger partial charge on any atom is 0.293 e. The zero-order chi connectivity index (χ0) is 13.5. The van der Waals surface area contributed by atoms with E-state index < -0.39 is 0 Å². The number of nitrogens with zero attached hydrogens (tertiary/aromatic N) is 2. The quantitative estimate of drug-likeness (QED) is 0.612. The average Bonchev–Trinajstić information content (AvgIpc) is 3.17. The van der Waals surface area contributed by atoms with Crippen LogP contribution >= 0.6 is 22.7 Å². The second-order valence-electron chi connectivity index (χ2n) is 4.06. The van der Waals surface area contributed by atoms with Crippen LogP contribution in [0.4, 0.5) is 5.13 Å². The van der Waals surface area contributed by atoms with E-state index in [1.807, 2.05) is 17.6 Å². The second kappa shape index (κ2) is 4.39. The SMILES string of the molecule is O=C(Nc1nc2ccc3ncsc3c2s1)c1ccco1. The van der Waals surface area contributed by atoms with Crippen LogP contribution < -0.4 is 5.32 Å². The van der Waals surface area contributed by atoms with Crippen molar-refractivity contribution in [2.24, 2.45) is 0 Å². The number of nitrogens with one attached hydrogen (secondary N) is 1. The predicted molar refractivity (Wildman–Crippen MR) is 79.5 cm³/mol. The lowest BCUT2D eigenvalue weighted by molar-refractivity contribution is 0.0996. The Labute approximate surface area is 120 Å². The highest BCUT2D eigenvalue weighted by Gasteiger charge is 2.13. The van der Waals surface area contributed by atoms with E-state index in [4.69, 9.17) is 4.42 Å². The number of aromatic nitrogens is 2. The molecule has 0 aliphatic heterocycles. The third kappa shape index (κ3) is 1.79. The van der Waals surface area contributed by atoms with Gasteiger partial charge in [0.15, 0.2) is 10.9 Å². The van der Waals surface area contributed by atoms with Gasteiger partial charge in [-0.3, -0.25) is 10.1 Å². The summed E-state index contributed by atoms with van der Waals surface area (Å²) in [6.07, 6.45) is 1.47. The molecule has 0 radical (unpaired) electrons. The minimum Gasteiger partial charge on any atom is -0.459 e. The van der Waals surface area contributed by atoms with Gasteiger partial charge in [0, 0.05) is 0 Å². The van der Waals surface area contributed by atoms with E-state index in [0.29, 0.717) is 5.13 Å². The number of hydrogen-bond donors (Lipinski definition) is 1. The molecule has 5 nitrogen and oxygen atoms in total. The monoisotopic (exact) mass is 301 g/mol. The molecule has 0 fully saturated rings. The van der Waals surface area contributed by atoms with Crippen LogP contribution in [-0.4, -0.2) is 15.9 Å². The van der Waals surface area contributed by atoms with E-state index in [-0.39, 0.29) is 11.7 Å². The molecule has 4 aromatic rings. The van der Waals surface area contributed by atoms with Crippen molar-refractivity contribution in [3.63, 3.8) is 0 Å². The fourth-order valence-electron chi connectivity index (χ4n) is 1.93. The van der Waals surface area contributed by atoms with E-state index in [9.17, 15) is 4.79 Å². The zero-order valence-electron chi connectivity index (χ0n) is 9.99. The first kappa shape index (κ1) is 11.6. The summed E-state index contributed by atoms with van der Waals surface area (Å²) in [5.74, 6) is -0.0261. The first-order chi connectivity index (χ1) is 9.81. The standard InChI is InChI=1S/C13H7N3O2S2/c17-12(9-2-1-5-18-9)16-13-15-8-4-3-7-10(11(8)20-13)19-6-14-7/h1-6H,(H,15,16,17). The molecular formula is C13H7N3O2S2. The lowest BCUT2D eigenvalue weighted by Gasteiger charge is -1.96. The Kier molecular flexibility index (Phi) is 2.54. The van der Waals surface area contributed by atoms with Gasteiger partial charge in [0.2, 0.25) is 0 Å². The number of carbonyl (C=O) groups excluding carboxylic acids is 1. The van der Waals surface area contributed by atoms with E-state index in [2.05, 4.69) is 15.3 Å². The largest absolute Gasteiger partial charge is 0.459 e. The summed E-state index contributed by atoms with van der Waals surface area (Å²) in [4.78, 5) is 20.6. The molecule has 7 heteroatoms. The van der Waals surface area contributed by atoms with Crippen molar-refractivity contribution in [2.75, 3.05) is 5.32 Å². The van der Waals surface area contributed by atoms with Gasteiger partial charge in [0.25, 0.3) is 5.91 Å². The highest BCUT2D eigenvalue weighted by Crippen LogP contribution is 2.34. The number of carbonyl (C=O) groups is 1. The Bertz CT molecular complexity index is 908. The fourth-order valence-corrected chi connectivity index (χ4v) is 3.82. The molecule has 0 aliphatic rings. The molecule has 4 rings (SSSR count). The summed E-state index contributed by atoms with van der Waals surface area (Å²) >= 11 is 3.02. The minimum absolute atomic E-state index is 0.271. The minimum atomic E-state index is -0.297. The van der Waals surface area contributed by atoms with E-state index >= 15 is 0 Å². The van der Waals surface area contributed by atoms with Crippen LogP contribution in [0.2, 0.25) is 0 Å². The lowest BCUT2D eigenvalue weighted by atomic mass is 10.3. The second-order valence-corrected chi connectivity index (χ2v) is 5.92. The normalized spacial score (nSPS) is 11.2. The number of benzene rings is 1. The number of anilines is 1. The van der Waals surface area contributed by atoms with E-state index in [0.717, 1.165) is 20.4 Å². The zero-order valence-corrected chi connectivity index (χ0v) is 11.6. The molecule has 1 amide bonds. The molecule has 3 heterocycles. The maximum atomic E-state index is 11.9. The van der Waals surface area contributed by atoms with Crippen molar-refractivity contribution >= 4 is 54.1 Å². The fraction of sp³-hybridized carbons (Fsp3) is 0. The summed E-state index contributed by atoms with van der Waals surface area (Å²) in [6.45, 7) is 0. The van der Waals surface area contributed by atoms with Crippen LogP contribution in [0.1, 0.15) is 10.6 Å². The number of rotatable bonds is 2. The Morgan fingerprint density at radius 3 is 2.95 bits per heavy atom. The van der Waals surface area contributed by atoms with Gasteiger partial charge in [-0.1, -0.05) is 11.3 Å². The first-order valence-corrected chi connectivity index (χ1v) is 7.48. The number of fused-ring (bicyclic) bond motifs is 3. The molecule has 0 saturated carbocycles. The molecular weight excluding hydrogens is 294 g/mol. The molecule has 0 bridgehead atoms. The number of thiazole rings is 2. The molecule has 0 unspecified atom stereocenters. The van der Waals surface area contributed by atoms with E-state index in [1.54, 1.807) is 23.5 Å². The topological polar surface area (TPSA) is 68.0 Å². The van der Waals surface area contributed by atoms with Crippen LogP contribution in [0.15, 0.2) is 40.5 Å². The number of amides is 1. The van der Waals surface area contributed by atoms with Crippen LogP contribution in [0.3, 0.4) is 0 Å². The molecule has 3 aromatic heterocycles. The molecule has 0 aliphatic carbocycles. The van der Waals surface area contributed by atoms with Crippen LogP contribution in [0.5, 0.6) is 0 Å². The van der Waals surface area contributed by atoms with Crippen molar-refractivity contribution in [3.05, 3.63) is 41.8 Å².